The molecule has 0 aromatic heterocycles. The van der Waals surface area contributed by atoms with Gasteiger partial charge in [0.15, 0.2) is 11.6 Å². The van der Waals surface area contributed by atoms with Crippen LogP contribution in [0.15, 0.2) is 12.1 Å². The van der Waals surface area contributed by atoms with Crippen molar-refractivity contribution in [1.82, 2.24) is 4.90 Å². The molecule has 0 radical (unpaired) electrons. The first-order valence-corrected chi connectivity index (χ1v) is 7.01. The molecule has 5 heteroatoms. The second kappa shape index (κ2) is 7.33. The zero-order chi connectivity index (χ0) is 15.3. The van der Waals surface area contributed by atoms with Gasteiger partial charge in [0.25, 0.3) is 0 Å². The normalized spacial score (nSPS) is 11.4. The van der Waals surface area contributed by atoms with Gasteiger partial charge < -0.3 is 20.7 Å². The van der Waals surface area contributed by atoms with E-state index in [1.807, 2.05) is 13.8 Å². The number of likely N-dealkylation sites (N-methyl/N-ethyl adjacent to an activating group) is 1. The van der Waals surface area contributed by atoms with Gasteiger partial charge in [0.2, 0.25) is 0 Å². The highest BCUT2D eigenvalue weighted by atomic mass is 19.1. The molecule has 0 aliphatic carbocycles. The maximum absolute atomic E-state index is 13.7. The molecule has 1 aromatic rings. The molecule has 0 saturated carbocycles. The Morgan fingerprint density at radius 1 is 1.30 bits per heavy atom. The molecule has 0 unspecified atom stereocenters. The number of benzene rings is 1. The second-order valence-electron chi connectivity index (χ2n) is 5.54. The number of hydrogen-bond acceptors (Lipinski definition) is 4. The first-order valence-electron chi connectivity index (χ1n) is 7.01. The van der Waals surface area contributed by atoms with Crippen LogP contribution in [-0.2, 0) is 0 Å². The number of nitrogens with two attached hydrogens (primary N) is 1. The van der Waals surface area contributed by atoms with E-state index in [1.54, 1.807) is 6.07 Å². The van der Waals surface area contributed by atoms with Crippen molar-refractivity contribution in [3.05, 3.63) is 17.9 Å². The number of rotatable bonds is 7. The van der Waals surface area contributed by atoms with E-state index in [0.717, 1.165) is 13.1 Å². The minimum atomic E-state index is -0.430. The molecule has 20 heavy (non-hydrogen) atoms. The zero-order valence-electron chi connectivity index (χ0n) is 13.0. The lowest BCUT2D eigenvalue weighted by Gasteiger charge is -2.22. The molecule has 0 atom stereocenters. The minimum absolute atomic E-state index is 0.0759. The lowest BCUT2D eigenvalue weighted by Crippen LogP contribution is -2.31. The van der Waals surface area contributed by atoms with Gasteiger partial charge in [0, 0.05) is 31.3 Å². The van der Waals surface area contributed by atoms with Crippen molar-refractivity contribution in [2.24, 2.45) is 0 Å². The van der Waals surface area contributed by atoms with E-state index in [0.29, 0.717) is 17.4 Å². The average Bonchev–Trinajstić information content (AvgIpc) is 2.33. The fourth-order valence-electron chi connectivity index (χ4n) is 1.69. The molecule has 114 valence electrons. The minimum Gasteiger partial charge on any atom is -0.488 e. The van der Waals surface area contributed by atoms with Gasteiger partial charge in [0.05, 0.1) is 17.5 Å². The van der Waals surface area contributed by atoms with Crippen LogP contribution in [0.4, 0.5) is 15.8 Å². The molecule has 0 amide bonds. The Kier molecular flexibility index (Phi) is 6.07. The van der Waals surface area contributed by atoms with Crippen molar-refractivity contribution < 1.29 is 9.13 Å². The highest BCUT2D eigenvalue weighted by molar-refractivity contribution is 5.68. The van der Waals surface area contributed by atoms with Gasteiger partial charge in [-0.15, -0.1) is 0 Å². The van der Waals surface area contributed by atoms with Gasteiger partial charge in [-0.2, -0.15) is 0 Å². The summed E-state index contributed by atoms with van der Waals surface area (Å²) in [5.74, 6) is -0.199. The summed E-state index contributed by atoms with van der Waals surface area (Å²) in [7, 11) is 2.06. The van der Waals surface area contributed by atoms with Gasteiger partial charge in [-0.1, -0.05) is 0 Å². The van der Waals surface area contributed by atoms with Crippen LogP contribution >= 0.6 is 0 Å². The third kappa shape index (κ3) is 4.89. The van der Waals surface area contributed by atoms with Crippen LogP contribution in [-0.4, -0.2) is 37.2 Å². The monoisotopic (exact) mass is 283 g/mol. The first-order chi connectivity index (χ1) is 9.31. The fraction of sp³-hybridized carbons (Fsp3) is 0.600. The topological polar surface area (TPSA) is 50.5 Å². The van der Waals surface area contributed by atoms with Crippen LogP contribution < -0.4 is 15.8 Å². The molecular formula is C15H26FN3O. The smallest absolute Gasteiger partial charge is 0.167 e. The number of nitrogen functional groups attached to an aromatic ring is 1. The van der Waals surface area contributed by atoms with Crippen LogP contribution in [0.5, 0.6) is 5.75 Å². The van der Waals surface area contributed by atoms with E-state index in [2.05, 4.69) is 31.1 Å². The van der Waals surface area contributed by atoms with Gasteiger partial charge in [-0.3, -0.25) is 0 Å². The van der Waals surface area contributed by atoms with E-state index in [-0.39, 0.29) is 11.9 Å². The van der Waals surface area contributed by atoms with Crippen LogP contribution in [0, 0.1) is 5.82 Å². The summed E-state index contributed by atoms with van der Waals surface area (Å²) in [6.07, 6.45) is -0.0759. The lowest BCUT2D eigenvalue weighted by molar-refractivity contribution is 0.231. The Morgan fingerprint density at radius 3 is 2.50 bits per heavy atom. The predicted octanol–water partition coefficient (Wildman–Crippen LogP) is 2.95. The van der Waals surface area contributed by atoms with E-state index in [4.69, 9.17) is 10.5 Å². The highest BCUT2D eigenvalue weighted by Gasteiger charge is 2.11. The molecule has 0 heterocycles. The fourth-order valence-corrected chi connectivity index (χ4v) is 1.69. The number of ether oxygens (including phenoxy) is 1. The molecule has 0 aliphatic heterocycles. The molecule has 1 aromatic carbocycles. The van der Waals surface area contributed by atoms with Crippen molar-refractivity contribution in [3.63, 3.8) is 0 Å². The Morgan fingerprint density at radius 2 is 1.95 bits per heavy atom. The van der Waals surface area contributed by atoms with Crippen LogP contribution in [0.2, 0.25) is 0 Å². The Labute approximate surface area is 121 Å². The Balaban J connectivity index is 2.69. The number of halogens is 1. The predicted molar refractivity (Wildman–Crippen MR) is 82.8 cm³/mol. The van der Waals surface area contributed by atoms with E-state index in [1.165, 1.54) is 6.07 Å². The van der Waals surface area contributed by atoms with Crippen molar-refractivity contribution in [3.8, 4) is 5.75 Å². The van der Waals surface area contributed by atoms with Gasteiger partial charge in [-0.25, -0.2) is 4.39 Å². The van der Waals surface area contributed by atoms with Gasteiger partial charge in [-0.05, 0) is 34.7 Å². The average molecular weight is 283 g/mol. The first kappa shape index (κ1) is 16.6. The summed E-state index contributed by atoms with van der Waals surface area (Å²) in [6.45, 7) is 9.63. The number of nitrogens with zero attached hydrogens (tertiary/aromatic N) is 1. The number of hydrogen-bond donors (Lipinski definition) is 2. The van der Waals surface area contributed by atoms with E-state index >= 15 is 0 Å². The zero-order valence-corrected chi connectivity index (χ0v) is 13.0. The van der Waals surface area contributed by atoms with Crippen LogP contribution in [0.1, 0.15) is 27.7 Å². The lowest BCUT2D eigenvalue weighted by atomic mass is 10.2. The molecule has 0 aliphatic rings. The molecule has 0 fully saturated rings. The van der Waals surface area contributed by atoms with Crippen LogP contribution in [0.3, 0.4) is 0 Å². The Hall–Kier alpha value is -1.49. The summed E-state index contributed by atoms with van der Waals surface area (Å²) in [4.78, 5) is 2.22. The molecule has 3 N–H and O–H groups in total. The summed E-state index contributed by atoms with van der Waals surface area (Å²) < 4.78 is 19.1. The molecule has 4 nitrogen and oxygen atoms in total. The summed E-state index contributed by atoms with van der Waals surface area (Å²) >= 11 is 0. The third-order valence-electron chi connectivity index (χ3n) is 3.13. The number of nitrogens with one attached hydrogen (secondary N) is 1. The highest BCUT2D eigenvalue weighted by Crippen LogP contribution is 2.28. The largest absolute Gasteiger partial charge is 0.488 e. The molecule has 0 bridgehead atoms. The molecule has 0 spiro atoms. The van der Waals surface area contributed by atoms with Crippen molar-refractivity contribution in [1.29, 1.82) is 0 Å². The third-order valence-corrected chi connectivity index (χ3v) is 3.13. The van der Waals surface area contributed by atoms with Gasteiger partial charge >= 0.3 is 0 Å². The van der Waals surface area contributed by atoms with Crippen molar-refractivity contribution in [2.75, 3.05) is 31.2 Å². The molecular weight excluding hydrogens is 257 g/mol. The van der Waals surface area contributed by atoms with Crippen molar-refractivity contribution in [2.45, 2.75) is 39.8 Å². The second-order valence-corrected chi connectivity index (χ2v) is 5.54. The van der Waals surface area contributed by atoms with E-state index in [9.17, 15) is 4.39 Å². The summed E-state index contributed by atoms with van der Waals surface area (Å²) in [5, 5.41) is 3.23. The van der Waals surface area contributed by atoms with E-state index < -0.39 is 5.82 Å². The number of anilines is 2. The summed E-state index contributed by atoms with van der Waals surface area (Å²) in [6, 6.07) is 3.41. The standard InChI is InChI=1S/C15H26FN3O/c1-10(2)19(5)7-6-18-14-9-15(20-11(3)4)12(16)8-13(14)17/h8-11,18H,6-7,17H2,1-5H3. The maximum atomic E-state index is 13.7. The quantitative estimate of drug-likeness (QED) is 0.755. The Bertz CT molecular complexity index is 435. The maximum Gasteiger partial charge on any atom is 0.167 e. The molecule has 0 saturated heterocycles. The molecule has 1 rings (SSSR count). The summed E-state index contributed by atoms with van der Waals surface area (Å²) in [5.41, 5.74) is 6.93. The van der Waals surface area contributed by atoms with Crippen LogP contribution in [0.25, 0.3) is 0 Å². The van der Waals surface area contributed by atoms with Gasteiger partial charge in [0.1, 0.15) is 0 Å². The van der Waals surface area contributed by atoms with Crippen molar-refractivity contribution >= 4 is 11.4 Å². The SMILES string of the molecule is CC(C)Oc1cc(NCCN(C)C(C)C)c(N)cc1F.